The Balaban J connectivity index is 1.50. The van der Waals surface area contributed by atoms with Crippen molar-refractivity contribution in [2.75, 3.05) is 6.54 Å². The van der Waals surface area contributed by atoms with E-state index >= 15 is 0 Å². The van der Waals surface area contributed by atoms with E-state index in [0.717, 1.165) is 25.1 Å². The lowest BCUT2D eigenvalue weighted by Crippen LogP contribution is -2.33. The molecule has 3 nitrogen and oxygen atoms in total. The average Bonchev–Trinajstić information content (AvgIpc) is 2.93. The third-order valence-electron chi connectivity index (χ3n) is 7.20. The molecule has 0 aromatic carbocycles. The summed E-state index contributed by atoms with van der Waals surface area (Å²) in [6.45, 7) is 9.85. The Bertz CT molecular complexity index is 483. The number of alkyl carbamates (subject to hydrolysis) is 1. The van der Waals surface area contributed by atoms with Gasteiger partial charge in [0.1, 0.15) is 5.76 Å². The second kappa shape index (κ2) is 9.80. The summed E-state index contributed by atoms with van der Waals surface area (Å²) in [6.07, 6.45) is 17.4. The lowest BCUT2D eigenvalue weighted by atomic mass is 9.70. The average molecular weight is 364 g/mol. The predicted octanol–water partition coefficient (Wildman–Crippen LogP) is 6.97. The van der Waals surface area contributed by atoms with Gasteiger partial charge in [-0.3, -0.25) is 0 Å². The standard InChI is InChI=1S/C23H41NO2/c1-5-6-7-8-9-10-11-12-13-14-17-24-21(25)26-20-18-19-15-16-23(20,4)22(19,2)3/h18-19H,5-17H2,1-4H3,(H,24,25). The number of amides is 1. The number of allylic oxidation sites excluding steroid dienone is 2. The van der Waals surface area contributed by atoms with Crippen LogP contribution in [0.5, 0.6) is 0 Å². The van der Waals surface area contributed by atoms with Crippen LogP contribution >= 0.6 is 0 Å². The van der Waals surface area contributed by atoms with Crippen molar-refractivity contribution in [3.63, 3.8) is 0 Å². The summed E-state index contributed by atoms with van der Waals surface area (Å²) < 4.78 is 5.69. The van der Waals surface area contributed by atoms with Crippen molar-refractivity contribution < 1.29 is 9.53 Å². The molecule has 0 aliphatic heterocycles. The van der Waals surface area contributed by atoms with Gasteiger partial charge in [0, 0.05) is 12.0 Å². The summed E-state index contributed by atoms with van der Waals surface area (Å²) in [5, 5.41) is 2.94. The summed E-state index contributed by atoms with van der Waals surface area (Å²) >= 11 is 0. The van der Waals surface area contributed by atoms with Crippen LogP contribution in [0.4, 0.5) is 4.79 Å². The van der Waals surface area contributed by atoms with Gasteiger partial charge in [-0.15, -0.1) is 0 Å². The van der Waals surface area contributed by atoms with Gasteiger partial charge >= 0.3 is 6.09 Å². The zero-order chi connectivity index (χ0) is 19.0. The second-order valence-electron chi connectivity index (χ2n) is 9.23. The van der Waals surface area contributed by atoms with Gasteiger partial charge in [-0.05, 0) is 36.7 Å². The number of nitrogens with one attached hydrogen (secondary N) is 1. The second-order valence-corrected chi connectivity index (χ2v) is 9.23. The van der Waals surface area contributed by atoms with Crippen LogP contribution in [0.25, 0.3) is 0 Å². The molecule has 0 spiro atoms. The van der Waals surface area contributed by atoms with Crippen molar-refractivity contribution in [3.05, 3.63) is 11.8 Å². The Labute approximate surface area is 161 Å². The Hall–Kier alpha value is -0.990. The van der Waals surface area contributed by atoms with Gasteiger partial charge < -0.3 is 10.1 Å². The first-order valence-corrected chi connectivity index (χ1v) is 11.1. The third kappa shape index (κ3) is 5.04. The third-order valence-corrected chi connectivity index (χ3v) is 7.20. The molecule has 2 aliphatic rings. The minimum atomic E-state index is -0.267. The molecule has 1 amide bonds. The Morgan fingerprint density at radius 2 is 1.62 bits per heavy atom. The van der Waals surface area contributed by atoms with Crippen molar-refractivity contribution >= 4 is 6.09 Å². The topological polar surface area (TPSA) is 38.3 Å². The molecule has 0 aromatic rings. The predicted molar refractivity (Wildman–Crippen MR) is 109 cm³/mol. The molecule has 2 unspecified atom stereocenters. The molecular formula is C23H41NO2. The summed E-state index contributed by atoms with van der Waals surface area (Å²) in [7, 11) is 0. The highest BCUT2D eigenvalue weighted by atomic mass is 16.6. The van der Waals surface area contributed by atoms with Gasteiger partial charge in [-0.1, -0.05) is 85.5 Å². The van der Waals surface area contributed by atoms with Gasteiger partial charge in [-0.25, -0.2) is 4.79 Å². The number of carbonyl (C=O) groups is 1. The number of hydrogen-bond acceptors (Lipinski definition) is 2. The van der Waals surface area contributed by atoms with Crippen molar-refractivity contribution in [1.29, 1.82) is 0 Å². The molecule has 0 saturated heterocycles. The molecule has 26 heavy (non-hydrogen) atoms. The molecule has 2 rings (SSSR count). The van der Waals surface area contributed by atoms with Crippen LogP contribution in [-0.4, -0.2) is 12.6 Å². The highest BCUT2D eigenvalue weighted by Gasteiger charge is 2.58. The van der Waals surface area contributed by atoms with Crippen LogP contribution in [0.3, 0.4) is 0 Å². The Morgan fingerprint density at radius 1 is 1.04 bits per heavy atom. The summed E-state index contributed by atoms with van der Waals surface area (Å²) in [6, 6.07) is 0. The van der Waals surface area contributed by atoms with Crippen molar-refractivity contribution in [2.24, 2.45) is 16.7 Å². The fourth-order valence-electron chi connectivity index (χ4n) is 4.72. The molecule has 150 valence electrons. The lowest BCUT2D eigenvalue weighted by Gasteiger charge is -2.36. The zero-order valence-corrected chi connectivity index (χ0v) is 17.7. The molecule has 1 N–H and O–H groups in total. The number of ether oxygens (including phenoxy) is 1. The molecule has 2 bridgehead atoms. The maximum atomic E-state index is 12.1. The number of rotatable bonds is 12. The van der Waals surface area contributed by atoms with Gasteiger partial charge in [0.25, 0.3) is 0 Å². The lowest BCUT2D eigenvalue weighted by molar-refractivity contribution is 0.0991. The minimum Gasteiger partial charge on any atom is -0.415 e. The first kappa shape index (κ1) is 21.3. The van der Waals surface area contributed by atoms with E-state index in [9.17, 15) is 4.79 Å². The number of unbranched alkanes of at least 4 members (excludes halogenated alkanes) is 9. The number of hydrogen-bond donors (Lipinski definition) is 1. The quantitative estimate of drug-likeness (QED) is 0.380. The molecule has 2 aliphatic carbocycles. The van der Waals surface area contributed by atoms with Gasteiger partial charge in [0.2, 0.25) is 0 Å². The van der Waals surface area contributed by atoms with Crippen LogP contribution in [0.1, 0.15) is 105 Å². The van der Waals surface area contributed by atoms with E-state index < -0.39 is 0 Å². The SMILES string of the molecule is CCCCCCCCCCCCNC(=O)OC1=CC2CCC1(C)C2(C)C. The molecule has 3 heteroatoms. The van der Waals surface area contributed by atoms with Gasteiger partial charge in [0.05, 0.1) is 0 Å². The van der Waals surface area contributed by atoms with E-state index in [4.69, 9.17) is 4.74 Å². The largest absolute Gasteiger partial charge is 0.415 e. The Kier molecular flexibility index (Phi) is 8.04. The monoisotopic (exact) mass is 363 g/mol. The van der Waals surface area contributed by atoms with E-state index in [0.29, 0.717) is 5.92 Å². The van der Waals surface area contributed by atoms with E-state index in [-0.39, 0.29) is 16.9 Å². The van der Waals surface area contributed by atoms with E-state index in [1.807, 2.05) is 0 Å². The first-order chi connectivity index (χ1) is 12.4. The van der Waals surface area contributed by atoms with Gasteiger partial charge in [-0.2, -0.15) is 0 Å². The fourth-order valence-corrected chi connectivity index (χ4v) is 4.72. The molecule has 1 saturated carbocycles. The molecule has 0 heterocycles. The highest BCUT2D eigenvalue weighted by molar-refractivity contribution is 5.68. The Morgan fingerprint density at radius 3 is 2.12 bits per heavy atom. The summed E-state index contributed by atoms with van der Waals surface area (Å²) in [5.41, 5.74) is 0.227. The molecule has 0 aromatic heterocycles. The highest BCUT2D eigenvalue weighted by Crippen LogP contribution is 2.65. The van der Waals surface area contributed by atoms with Crippen LogP contribution in [0.2, 0.25) is 0 Å². The zero-order valence-electron chi connectivity index (χ0n) is 17.7. The molecule has 1 fully saturated rings. The van der Waals surface area contributed by atoms with E-state index in [1.165, 1.54) is 64.2 Å². The molecule has 0 radical (unpaired) electrons. The smallest absolute Gasteiger partial charge is 0.412 e. The normalized spacial score (nSPS) is 26.0. The van der Waals surface area contributed by atoms with Crippen LogP contribution in [0.15, 0.2) is 11.8 Å². The maximum absolute atomic E-state index is 12.1. The molecular weight excluding hydrogens is 322 g/mol. The van der Waals surface area contributed by atoms with Crippen molar-refractivity contribution in [3.8, 4) is 0 Å². The minimum absolute atomic E-state index is 0.0200. The number of carbonyl (C=O) groups excluding carboxylic acids is 1. The van der Waals surface area contributed by atoms with Crippen LogP contribution in [-0.2, 0) is 4.74 Å². The van der Waals surface area contributed by atoms with Crippen molar-refractivity contribution in [1.82, 2.24) is 5.32 Å². The van der Waals surface area contributed by atoms with E-state index in [1.54, 1.807) is 0 Å². The summed E-state index contributed by atoms with van der Waals surface area (Å²) in [5.74, 6) is 1.46. The van der Waals surface area contributed by atoms with Crippen molar-refractivity contribution in [2.45, 2.75) is 105 Å². The van der Waals surface area contributed by atoms with Gasteiger partial charge in [0.15, 0.2) is 0 Å². The fraction of sp³-hybridized carbons (Fsp3) is 0.870. The molecule has 2 atom stereocenters. The van der Waals surface area contributed by atoms with Crippen LogP contribution < -0.4 is 5.32 Å². The maximum Gasteiger partial charge on any atom is 0.412 e. The number of fused-ring (bicyclic) bond motifs is 2. The van der Waals surface area contributed by atoms with E-state index in [2.05, 4.69) is 39.1 Å². The summed E-state index contributed by atoms with van der Waals surface area (Å²) in [4.78, 5) is 12.1. The van der Waals surface area contributed by atoms with Crippen LogP contribution in [0, 0.1) is 16.7 Å². The first-order valence-electron chi connectivity index (χ1n) is 11.1.